The highest BCUT2D eigenvalue weighted by molar-refractivity contribution is 7.86. The van der Waals surface area contributed by atoms with Crippen molar-refractivity contribution in [1.29, 1.82) is 0 Å². The Kier molecular flexibility index (Phi) is 8.15. The van der Waals surface area contributed by atoms with Gasteiger partial charge in [-0.05, 0) is 35.6 Å². The Labute approximate surface area is 227 Å². The van der Waals surface area contributed by atoms with Gasteiger partial charge in [-0.15, -0.1) is 0 Å². The zero-order valence-corrected chi connectivity index (χ0v) is 22.8. The number of halogens is 1. The number of ether oxygens (including phenoxy) is 3. The van der Waals surface area contributed by atoms with Crippen molar-refractivity contribution in [3.8, 4) is 0 Å². The Morgan fingerprint density at radius 2 is 1.82 bits per heavy atom. The summed E-state index contributed by atoms with van der Waals surface area (Å²) in [5.74, 6) is -2.12. The number of amides is 1. The van der Waals surface area contributed by atoms with E-state index in [9.17, 15) is 22.8 Å². The fraction of sp³-hybridized carbons (Fsp3) is 0.391. The van der Waals surface area contributed by atoms with E-state index in [-0.39, 0.29) is 27.2 Å². The van der Waals surface area contributed by atoms with Gasteiger partial charge in [0, 0.05) is 20.8 Å². The molecule has 1 aliphatic rings. The standard InChI is InChI=1S/C23H24ClN5O9S/c1-11-5-7-15(8-6-11)39(33,34)38-18-16(9-35-13(3)31)37-22(19(18)36-14(4)32)29-20(24)17-21(26-10-25-17)28-23(29)27-12(2)30/h5-8,10,16,18-19,22H,9H2,1-4H3,(H,25,26,27,28,30)/p+1/t16-,18+,19-,22-/m1/s1. The molecule has 14 nitrogen and oxygen atoms in total. The molecule has 1 aliphatic heterocycles. The molecule has 208 valence electrons. The number of carbonyl (C=O) groups excluding carboxylic acids is 3. The molecule has 3 heterocycles. The quantitative estimate of drug-likeness (QED) is 0.169. The summed E-state index contributed by atoms with van der Waals surface area (Å²) in [6.07, 6.45) is -4.28. The van der Waals surface area contributed by atoms with Gasteiger partial charge in [-0.3, -0.25) is 18.6 Å². The summed E-state index contributed by atoms with van der Waals surface area (Å²) in [6, 6.07) is 5.89. The Balaban J connectivity index is 1.84. The second-order valence-corrected chi connectivity index (χ2v) is 10.6. The summed E-state index contributed by atoms with van der Waals surface area (Å²) in [7, 11) is -4.43. The summed E-state index contributed by atoms with van der Waals surface area (Å²) < 4.78 is 49.9. The van der Waals surface area contributed by atoms with Crippen LogP contribution in [-0.2, 0) is 42.9 Å². The number of imidazole rings is 1. The second-order valence-electron chi connectivity index (χ2n) is 8.65. The molecule has 1 saturated heterocycles. The fourth-order valence-electron chi connectivity index (χ4n) is 3.96. The van der Waals surface area contributed by atoms with E-state index in [1.165, 1.54) is 30.0 Å². The van der Waals surface area contributed by atoms with Crippen molar-refractivity contribution in [3.63, 3.8) is 0 Å². The van der Waals surface area contributed by atoms with Gasteiger partial charge in [-0.1, -0.05) is 17.7 Å². The van der Waals surface area contributed by atoms with Gasteiger partial charge in [-0.2, -0.15) is 13.0 Å². The zero-order chi connectivity index (χ0) is 28.5. The van der Waals surface area contributed by atoms with Crippen LogP contribution in [0.25, 0.3) is 11.2 Å². The highest BCUT2D eigenvalue weighted by Gasteiger charge is 2.54. The number of anilines is 1. The third-order valence-electron chi connectivity index (χ3n) is 5.61. The maximum atomic E-state index is 13.2. The number of nitrogens with zero attached hydrogens (tertiary/aromatic N) is 3. The van der Waals surface area contributed by atoms with Gasteiger partial charge in [0.15, 0.2) is 11.6 Å². The van der Waals surface area contributed by atoms with Crippen LogP contribution in [0.15, 0.2) is 35.5 Å². The number of benzene rings is 1. The molecular weight excluding hydrogens is 558 g/mol. The molecule has 1 amide bonds. The van der Waals surface area contributed by atoms with Crippen LogP contribution in [0.5, 0.6) is 0 Å². The molecule has 3 aromatic rings. The molecule has 0 aliphatic carbocycles. The van der Waals surface area contributed by atoms with E-state index in [1.54, 1.807) is 19.1 Å². The topological polar surface area (TPSA) is 180 Å². The molecule has 0 spiro atoms. The van der Waals surface area contributed by atoms with Crippen LogP contribution in [0.2, 0.25) is 5.15 Å². The van der Waals surface area contributed by atoms with E-state index < -0.39 is 59.1 Å². The molecule has 39 heavy (non-hydrogen) atoms. The molecule has 4 rings (SSSR count). The lowest BCUT2D eigenvalue weighted by Crippen LogP contribution is -2.51. The number of aryl methyl sites for hydroxylation is 1. The third kappa shape index (κ3) is 6.16. The first kappa shape index (κ1) is 28.4. The van der Waals surface area contributed by atoms with Crippen LogP contribution in [0.3, 0.4) is 0 Å². The lowest BCUT2D eigenvalue weighted by atomic mass is 10.1. The van der Waals surface area contributed by atoms with E-state index in [4.69, 9.17) is 30.0 Å². The Morgan fingerprint density at radius 3 is 2.44 bits per heavy atom. The van der Waals surface area contributed by atoms with Crippen LogP contribution in [0.4, 0.5) is 5.95 Å². The van der Waals surface area contributed by atoms with Gasteiger partial charge in [0.1, 0.15) is 18.8 Å². The summed E-state index contributed by atoms with van der Waals surface area (Å²) in [5, 5.41) is 2.46. The number of hydrogen-bond donors (Lipinski definition) is 2. The lowest BCUT2D eigenvalue weighted by molar-refractivity contribution is -0.752. The molecule has 4 atom stereocenters. The van der Waals surface area contributed by atoms with Crippen LogP contribution < -0.4 is 9.88 Å². The van der Waals surface area contributed by atoms with Gasteiger partial charge in [0.25, 0.3) is 21.7 Å². The van der Waals surface area contributed by atoms with Crippen LogP contribution in [-0.4, -0.2) is 66.1 Å². The molecular formula is C23H25ClN5O9S+. The average molecular weight is 583 g/mol. The van der Waals surface area contributed by atoms with Gasteiger partial charge >= 0.3 is 17.9 Å². The first-order valence-corrected chi connectivity index (χ1v) is 13.3. The van der Waals surface area contributed by atoms with Crippen molar-refractivity contribution in [1.82, 2.24) is 15.0 Å². The van der Waals surface area contributed by atoms with Gasteiger partial charge in [0.05, 0.1) is 11.2 Å². The van der Waals surface area contributed by atoms with Crippen molar-refractivity contribution in [2.24, 2.45) is 0 Å². The molecule has 2 aromatic heterocycles. The molecule has 0 radical (unpaired) electrons. The van der Waals surface area contributed by atoms with E-state index in [0.717, 1.165) is 19.4 Å². The number of hydrogen-bond acceptors (Lipinski definition) is 11. The Hall–Kier alpha value is -3.66. The fourth-order valence-corrected chi connectivity index (χ4v) is 5.38. The molecule has 0 bridgehead atoms. The Bertz CT molecular complexity index is 1530. The van der Waals surface area contributed by atoms with Crippen LogP contribution >= 0.6 is 11.6 Å². The number of carbonyl (C=O) groups is 3. The number of rotatable bonds is 8. The highest BCUT2D eigenvalue weighted by atomic mass is 35.5. The predicted molar refractivity (Wildman–Crippen MR) is 133 cm³/mol. The first-order chi connectivity index (χ1) is 18.4. The maximum absolute atomic E-state index is 13.2. The van der Waals surface area contributed by atoms with Gasteiger partial charge < -0.3 is 19.2 Å². The summed E-state index contributed by atoms with van der Waals surface area (Å²) in [6.45, 7) is 4.84. The number of aromatic amines is 1. The Morgan fingerprint density at radius 1 is 1.13 bits per heavy atom. The van der Waals surface area contributed by atoms with E-state index >= 15 is 0 Å². The number of nitrogens with one attached hydrogen (secondary N) is 2. The zero-order valence-electron chi connectivity index (χ0n) is 21.2. The van der Waals surface area contributed by atoms with E-state index in [1.807, 2.05) is 0 Å². The van der Waals surface area contributed by atoms with Crippen LogP contribution in [0, 0.1) is 6.92 Å². The smallest absolute Gasteiger partial charge is 0.404 e. The molecule has 0 saturated carbocycles. The first-order valence-electron chi connectivity index (χ1n) is 11.5. The van der Waals surface area contributed by atoms with Gasteiger partial charge in [-0.25, -0.2) is 10.3 Å². The maximum Gasteiger partial charge on any atom is 0.404 e. The molecule has 2 N–H and O–H groups in total. The number of aromatic nitrogens is 4. The predicted octanol–water partition coefficient (Wildman–Crippen LogP) is 1.33. The van der Waals surface area contributed by atoms with Crippen molar-refractivity contribution in [2.75, 3.05) is 11.9 Å². The summed E-state index contributed by atoms with van der Waals surface area (Å²) >= 11 is 6.66. The second kappa shape index (κ2) is 11.2. The number of H-pyrrole nitrogens is 1. The number of esters is 2. The average Bonchev–Trinajstić information content (AvgIpc) is 3.43. The third-order valence-corrected chi connectivity index (χ3v) is 7.30. The molecule has 0 unspecified atom stereocenters. The largest absolute Gasteiger partial charge is 0.463 e. The molecule has 16 heteroatoms. The monoisotopic (exact) mass is 582 g/mol. The minimum atomic E-state index is -4.43. The number of fused-ring (bicyclic) bond motifs is 1. The van der Waals surface area contributed by atoms with Crippen molar-refractivity contribution in [2.45, 2.75) is 57.1 Å². The summed E-state index contributed by atoms with van der Waals surface area (Å²) in [5.41, 5.74) is 1.24. The van der Waals surface area contributed by atoms with E-state index in [2.05, 4.69) is 20.3 Å². The van der Waals surface area contributed by atoms with E-state index in [0.29, 0.717) is 0 Å². The van der Waals surface area contributed by atoms with Crippen molar-refractivity contribution >= 4 is 56.7 Å². The normalized spacial score (nSPS) is 21.1. The van der Waals surface area contributed by atoms with Crippen LogP contribution in [0.1, 0.15) is 32.6 Å². The minimum Gasteiger partial charge on any atom is -0.463 e. The van der Waals surface area contributed by atoms with Gasteiger partial charge in [0.2, 0.25) is 11.4 Å². The summed E-state index contributed by atoms with van der Waals surface area (Å²) in [4.78, 5) is 46.7. The molecule has 1 fully saturated rings. The van der Waals surface area contributed by atoms with Crippen molar-refractivity contribution in [3.05, 3.63) is 41.3 Å². The lowest BCUT2D eigenvalue weighted by Gasteiger charge is -2.23. The molecule has 1 aromatic carbocycles. The highest BCUT2D eigenvalue weighted by Crippen LogP contribution is 2.35. The van der Waals surface area contributed by atoms with Crippen molar-refractivity contribution < 1.29 is 45.8 Å². The minimum absolute atomic E-state index is 0.0586. The SMILES string of the molecule is CC(=O)Nc1nc2nc[nH]c2c(Cl)[n+]1[C@@H]1O[C@H](COC(C)=O)[C@H](OS(=O)(=O)c2ccc(C)cc2)[C@H]1OC(C)=O.